The van der Waals surface area contributed by atoms with Crippen molar-refractivity contribution in [3.05, 3.63) is 11.8 Å². The number of hydrogen-bond donors (Lipinski definition) is 0. The number of rotatable bonds is 5. The van der Waals surface area contributed by atoms with Gasteiger partial charge in [0, 0.05) is 6.42 Å². The Bertz CT molecular complexity index is 199. The first-order chi connectivity index (χ1) is 7.22. The molecule has 0 saturated carbocycles. The van der Waals surface area contributed by atoms with Gasteiger partial charge in [0.05, 0.1) is 5.76 Å². The predicted octanol–water partition coefficient (Wildman–Crippen LogP) is 4.52. The quantitative estimate of drug-likeness (QED) is 0.625. The van der Waals surface area contributed by atoms with E-state index >= 15 is 0 Å². The average Bonchev–Trinajstić information content (AvgIpc) is 2.40. The van der Waals surface area contributed by atoms with Crippen LogP contribution in [0.2, 0.25) is 13.1 Å². The molecule has 1 rings (SSSR count). The van der Waals surface area contributed by atoms with Crippen LogP contribution in [0.3, 0.4) is 0 Å². The molecule has 1 aliphatic rings. The molecule has 0 fully saturated rings. The van der Waals surface area contributed by atoms with E-state index in [0.717, 1.165) is 5.92 Å². The van der Waals surface area contributed by atoms with Crippen molar-refractivity contribution in [2.24, 2.45) is 5.92 Å². The lowest BCUT2D eigenvalue weighted by Gasteiger charge is -2.11. The van der Waals surface area contributed by atoms with Crippen LogP contribution < -0.4 is 0 Å². The van der Waals surface area contributed by atoms with Crippen molar-refractivity contribution >= 4 is 9.04 Å². The van der Waals surface area contributed by atoms with Crippen molar-refractivity contribution in [1.29, 1.82) is 0 Å². The van der Waals surface area contributed by atoms with Crippen LogP contribution in [0.25, 0.3) is 0 Å². The van der Waals surface area contributed by atoms with Crippen LogP contribution >= 0.6 is 0 Å². The minimum Gasteiger partial charge on any atom is -0.546 e. The standard InChI is InChI=1S/C13H25OSi/c1-4-5-7-12-8-6-9-13(11-10-12)14-15(2)3/h11-12H,4-10H2,1-3H3. The number of allylic oxidation sites excluding steroid dienone is 2. The van der Waals surface area contributed by atoms with Gasteiger partial charge in [-0.05, 0) is 44.4 Å². The summed E-state index contributed by atoms with van der Waals surface area (Å²) in [7, 11) is -0.552. The fourth-order valence-electron chi connectivity index (χ4n) is 2.19. The van der Waals surface area contributed by atoms with E-state index in [-0.39, 0.29) is 0 Å². The zero-order valence-corrected chi connectivity index (χ0v) is 11.5. The first-order valence-electron chi connectivity index (χ1n) is 6.39. The molecule has 2 heteroatoms. The highest BCUT2D eigenvalue weighted by Gasteiger charge is 2.13. The predicted molar refractivity (Wildman–Crippen MR) is 68.1 cm³/mol. The lowest BCUT2D eigenvalue weighted by atomic mass is 9.95. The molecule has 87 valence electrons. The monoisotopic (exact) mass is 225 g/mol. The molecule has 0 heterocycles. The largest absolute Gasteiger partial charge is 0.546 e. The summed E-state index contributed by atoms with van der Waals surface area (Å²) in [6.45, 7) is 6.71. The molecule has 0 saturated heterocycles. The molecular weight excluding hydrogens is 200 g/mol. The van der Waals surface area contributed by atoms with Gasteiger partial charge >= 0.3 is 0 Å². The van der Waals surface area contributed by atoms with Crippen LogP contribution in [0.1, 0.15) is 51.9 Å². The van der Waals surface area contributed by atoms with Crippen LogP contribution in [-0.2, 0) is 4.43 Å². The second kappa shape index (κ2) is 7.10. The van der Waals surface area contributed by atoms with Gasteiger partial charge in [0.25, 0.3) is 9.04 Å². The average molecular weight is 225 g/mol. The zero-order valence-electron chi connectivity index (χ0n) is 10.5. The van der Waals surface area contributed by atoms with Crippen molar-refractivity contribution in [1.82, 2.24) is 0 Å². The highest BCUT2D eigenvalue weighted by atomic mass is 28.3. The fraction of sp³-hybridized carbons (Fsp3) is 0.846. The van der Waals surface area contributed by atoms with Crippen LogP contribution in [0.15, 0.2) is 11.8 Å². The number of unbranched alkanes of at least 4 members (excludes halogenated alkanes) is 1. The minimum absolute atomic E-state index is 0.552. The Hall–Kier alpha value is -0.243. The molecule has 0 bridgehead atoms. The van der Waals surface area contributed by atoms with E-state index in [1.807, 2.05) is 0 Å². The third-order valence-electron chi connectivity index (χ3n) is 3.02. The lowest BCUT2D eigenvalue weighted by Crippen LogP contribution is -2.06. The van der Waals surface area contributed by atoms with E-state index in [1.165, 1.54) is 50.7 Å². The molecule has 0 aromatic heterocycles. The Morgan fingerprint density at radius 1 is 1.47 bits per heavy atom. The molecule has 0 N–H and O–H groups in total. The Morgan fingerprint density at radius 3 is 2.93 bits per heavy atom. The van der Waals surface area contributed by atoms with Gasteiger partial charge in [-0.25, -0.2) is 0 Å². The second-order valence-electron chi connectivity index (χ2n) is 4.82. The smallest absolute Gasteiger partial charge is 0.273 e. The molecule has 1 aliphatic carbocycles. The zero-order chi connectivity index (χ0) is 11.1. The SMILES string of the molecule is CCCCC1CC=C(O[Si](C)C)CCC1. The maximum Gasteiger partial charge on any atom is 0.273 e. The van der Waals surface area contributed by atoms with E-state index in [4.69, 9.17) is 4.43 Å². The summed E-state index contributed by atoms with van der Waals surface area (Å²) < 4.78 is 5.89. The third-order valence-corrected chi connectivity index (χ3v) is 3.69. The van der Waals surface area contributed by atoms with E-state index in [0.29, 0.717) is 0 Å². The first-order valence-corrected chi connectivity index (χ1v) is 8.80. The van der Waals surface area contributed by atoms with Crippen LogP contribution in [0, 0.1) is 5.92 Å². The lowest BCUT2D eigenvalue weighted by molar-refractivity contribution is 0.405. The van der Waals surface area contributed by atoms with E-state index in [9.17, 15) is 0 Å². The number of hydrogen-bond acceptors (Lipinski definition) is 1. The fourth-order valence-corrected chi connectivity index (χ4v) is 2.90. The Balaban J connectivity index is 2.34. The summed E-state index contributed by atoms with van der Waals surface area (Å²) in [6.07, 6.45) is 11.7. The van der Waals surface area contributed by atoms with Crippen LogP contribution in [0.4, 0.5) is 0 Å². The molecular formula is C13H25OSi. The maximum absolute atomic E-state index is 5.89. The van der Waals surface area contributed by atoms with Gasteiger partial charge in [-0.2, -0.15) is 0 Å². The normalized spacial score (nSPS) is 22.4. The summed E-state index contributed by atoms with van der Waals surface area (Å²) in [5, 5.41) is 0. The Labute approximate surface area is 96.6 Å². The first kappa shape index (κ1) is 12.8. The summed E-state index contributed by atoms with van der Waals surface area (Å²) >= 11 is 0. The molecule has 0 aliphatic heterocycles. The molecule has 0 spiro atoms. The van der Waals surface area contributed by atoms with Crippen molar-refractivity contribution in [2.45, 2.75) is 65.0 Å². The van der Waals surface area contributed by atoms with Crippen molar-refractivity contribution in [3.8, 4) is 0 Å². The third kappa shape index (κ3) is 5.40. The minimum atomic E-state index is -0.552. The second-order valence-corrected chi connectivity index (χ2v) is 6.84. The van der Waals surface area contributed by atoms with Gasteiger partial charge in [0.2, 0.25) is 0 Å². The molecule has 1 nitrogen and oxygen atoms in total. The van der Waals surface area contributed by atoms with Gasteiger partial charge in [0.1, 0.15) is 0 Å². The maximum atomic E-state index is 5.89. The van der Waals surface area contributed by atoms with Gasteiger partial charge in [-0.3, -0.25) is 0 Å². The Kier molecular flexibility index (Phi) is 6.07. The van der Waals surface area contributed by atoms with E-state index < -0.39 is 9.04 Å². The highest BCUT2D eigenvalue weighted by molar-refractivity contribution is 6.48. The molecule has 0 aromatic carbocycles. The highest BCUT2D eigenvalue weighted by Crippen LogP contribution is 2.27. The van der Waals surface area contributed by atoms with E-state index in [2.05, 4.69) is 26.1 Å². The molecule has 0 amide bonds. The summed E-state index contributed by atoms with van der Waals surface area (Å²) in [5.74, 6) is 2.21. The van der Waals surface area contributed by atoms with Gasteiger partial charge in [-0.15, -0.1) is 0 Å². The summed E-state index contributed by atoms with van der Waals surface area (Å²) in [5.41, 5.74) is 0. The van der Waals surface area contributed by atoms with Crippen LogP contribution in [0.5, 0.6) is 0 Å². The topological polar surface area (TPSA) is 9.23 Å². The molecule has 1 radical (unpaired) electrons. The van der Waals surface area contributed by atoms with Gasteiger partial charge < -0.3 is 4.43 Å². The van der Waals surface area contributed by atoms with E-state index in [1.54, 1.807) is 0 Å². The molecule has 0 aromatic rings. The summed E-state index contributed by atoms with van der Waals surface area (Å²) in [4.78, 5) is 0. The Morgan fingerprint density at radius 2 is 2.27 bits per heavy atom. The van der Waals surface area contributed by atoms with Crippen LogP contribution in [-0.4, -0.2) is 9.04 Å². The summed E-state index contributed by atoms with van der Waals surface area (Å²) in [6, 6.07) is 0. The van der Waals surface area contributed by atoms with Crippen molar-refractivity contribution < 1.29 is 4.43 Å². The van der Waals surface area contributed by atoms with Gasteiger partial charge in [0.15, 0.2) is 0 Å². The molecule has 1 atom stereocenters. The van der Waals surface area contributed by atoms with Crippen molar-refractivity contribution in [2.75, 3.05) is 0 Å². The molecule has 1 unspecified atom stereocenters. The van der Waals surface area contributed by atoms with Crippen molar-refractivity contribution in [3.63, 3.8) is 0 Å². The molecule has 15 heavy (non-hydrogen) atoms. The van der Waals surface area contributed by atoms with Gasteiger partial charge in [-0.1, -0.05) is 26.2 Å².